The fourth-order valence-electron chi connectivity index (χ4n) is 1.70. The summed E-state index contributed by atoms with van der Waals surface area (Å²) < 4.78 is 5.19. The van der Waals surface area contributed by atoms with E-state index < -0.39 is 0 Å². The zero-order valence-electron chi connectivity index (χ0n) is 9.53. The summed E-state index contributed by atoms with van der Waals surface area (Å²) >= 11 is 5.01. The van der Waals surface area contributed by atoms with Gasteiger partial charge in [-0.1, -0.05) is 15.9 Å². The van der Waals surface area contributed by atoms with Gasteiger partial charge in [0.15, 0.2) is 0 Å². The summed E-state index contributed by atoms with van der Waals surface area (Å²) in [6.45, 7) is 0. The van der Waals surface area contributed by atoms with Gasteiger partial charge in [-0.25, -0.2) is 0 Å². The summed E-state index contributed by atoms with van der Waals surface area (Å²) in [5.74, 6) is 0.931. The normalized spacial score (nSPS) is 18.5. The second kappa shape index (κ2) is 5.78. The number of hydrogen-bond donors (Lipinski definition) is 1. The number of hydrogen-bond acceptors (Lipinski definition) is 3. The van der Waals surface area contributed by atoms with Crippen LogP contribution in [0.3, 0.4) is 0 Å². The molecule has 1 aliphatic heterocycles. The summed E-state index contributed by atoms with van der Waals surface area (Å²) in [7, 11) is 1.65. The van der Waals surface area contributed by atoms with Gasteiger partial charge in [0, 0.05) is 10.2 Å². The Morgan fingerprint density at radius 3 is 3.06 bits per heavy atom. The molecule has 1 aliphatic rings. The molecule has 0 spiro atoms. The van der Waals surface area contributed by atoms with Crippen molar-refractivity contribution >= 4 is 39.3 Å². The molecule has 0 bridgehead atoms. The first-order valence-corrected chi connectivity index (χ1v) is 7.46. The van der Waals surface area contributed by atoms with Gasteiger partial charge in [0.05, 0.1) is 18.0 Å². The number of thioether (sulfide) groups is 1. The lowest BCUT2D eigenvalue weighted by Crippen LogP contribution is -2.29. The van der Waals surface area contributed by atoms with Crippen molar-refractivity contribution < 1.29 is 9.53 Å². The van der Waals surface area contributed by atoms with Crippen LogP contribution in [0.5, 0.6) is 5.75 Å². The number of halogens is 1. The van der Waals surface area contributed by atoms with Crippen LogP contribution in [0.25, 0.3) is 0 Å². The number of nitrogens with one attached hydrogen (secondary N) is 1. The number of alkyl halides is 1. The van der Waals surface area contributed by atoms with E-state index in [4.69, 9.17) is 4.74 Å². The summed E-state index contributed by atoms with van der Waals surface area (Å²) in [6.07, 6.45) is 1.89. The van der Waals surface area contributed by atoms with Crippen molar-refractivity contribution in [1.82, 2.24) is 0 Å². The molecular formula is C12H14BrNO2S. The molecule has 92 valence electrons. The van der Waals surface area contributed by atoms with Crippen molar-refractivity contribution in [3.8, 4) is 5.75 Å². The van der Waals surface area contributed by atoms with Gasteiger partial charge in [-0.3, -0.25) is 4.79 Å². The smallest absolute Gasteiger partial charge is 0.237 e. The first-order valence-electron chi connectivity index (χ1n) is 5.46. The highest BCUT2D eigenvalue weighted by atomic mass is 79.9. The van der Waals surface area contributed by atoms with E-state index in [1.165, 1.54) is 0 Å². The Balaban J connectivity index is 2.16. The third-order valence-corrected chi connectivity index (χ3v) is 4.49. The predicted molar refractivity (Wildman–Crippen MR) is 74.3 cm³/mol. The Morgan fingerprint density at radius 1 is 1.53 bits per heavy atom. The number of anilines is 1. The van der Waals surface area contributed by atoms with Crippen LogP contribution in [-0.2, 0) is 4.79 Å². The zero-order valence-corrected chi connectivity index (χ0v) is 11.9. The number of ether oxygens (including phenoxy) is 1. The van der Waals surface area contributed by atoms with E-state index in [1.807, 2.05) is 18.2 Å². The lowest BCUT2D eigenvalue weighted by Gasteiger charge is -2.24. The van der Waals surface area contributed by atoms with Crippen molar-refractivity contribution in [3.05, 3.63) is 18.2 Å². The number of amides is 1. The predicted octanol–water partition coefficient (Wildman–Crippen LogP) is 3.28. The highest BCUT2D eigenvalue weighted by molar-refractivity contribution is 9.09. The molecule has 5 heteroatoms. The second-order valence-corrected chi connectivity index (χ2v) is 5.83. The molecule has 1 heterocycles. The minimum Gasteiger partial charge on any atom is -0.497 e. The largest absolute Gasteiger partial charge is 0.497 e. The molecule has 0 fully saturated rings. The molecule has 1 atom stereocenters. The summed E-state index contributed by atoms with van der Waals surface area (Å²) in [6, 6.07) is 5.72. The number of benzene rings is 1. The highest BCUT2D eigenvalue weighted by Gasteiger charge is 2.26. The van der Waals surface area contributed by atoms with E-state index >= 15 is 0 Å². The van der Waals surface area contributed by atoms with Crippen molar-refractivity contribution in [2.75, 3.05) is 17.8 Å². The van der Waals surface area contributed by atoms with E-state index in [2.05, 4.69) is 21.2 Å². The van der Waals surface area contributed by atoms with E-state index in [9.17, 15) is 4.79 Å². The molecule has 3 nitrogen and oxygen atoms in total. The fourth-order valence-corrected chi connectivity index (χ4v) is 3.21. The van der Waals surface area contributed by atoms with Crippen LogP contribution in [-0.4, -0.2) is 23.6 Å². The molecule has 0 saturated heterocycles. The molecule has 1 unspecified atom stereocenters. The standard InChI is InChI=1S/C12H14BrNO2S/c1-16-8-4-5-9-11(7-8)17-10(3-2-6-13)12(15)14-9/h4-5,7,10H,2-3,6H2,1H3,(H,14,15). The van der Waals surface area contributed by atoms with Crippen LogP contribution in [0.2, 0.25) is 0 Å². The molecule has 1 N–H and O–H groups in total. The van der Waals surface area contributed by atoms with Gasteiger partial charge in [0.2, 0.25) is 5.91 Å². The van der Waals surface area contributed by atoms with Crippen molar-refractivity contribution in [2.24, 2.45) is 0 Å². The van der Waals surface area contributed by atoms with Crippen LogP contribution in [0, 0.1) is 0 Å². The lowest BCUT2D eigenvalue weighted by atomic mass is 10.2. The number of carbonyl (C=O) groups excluding carboxylic acids is 1. The van der Waals surface area contributed by atoms with E-state index in [0.717, 1.165) is 34.5 Å². The van der Waals surface area contributed by atoms with Gasteiger partial charge in [-0.05, 0) is 31.0 Å². The maximum Gasteiger partial charge on any atom is 0.237 e. The van der Waals surface area contributed by atoms with Crippen LogP contribution in [0.1, 0.15) is 12.8 Å². The Kier molecular flexibility index (Phi) is 4.34. The average Bonchev–Trinajstić information content (AvgIpc) is 2.35. The van der Waals surface area contributed by atoms with Gasteiger partial charge >= 0.3 is 0 Å². The first kappa shape index (κ1) is 12.8. The minimum absolute atomic E-state index is 0.00663. The minimum atomic E-state index is 0.00663. The number of carbonyl (C=O) groups is 1. The quantitative estimate of drug-likeness (QED) is 0.866. The first-order chi connectivity index (χ1) is 8.24. The molecule has 1 aromatic rings. The molecular weight excluding hydrogens is 302 g/mol. The van der Waals surface area contributed by atoms with Crippen LogP contribution < -0.4 is 10.1 Å². The Labute approximate surface area is 113 Å². The second-order valence-electron chi connectivity index (χ2n) is 3.79. The Bertz CT molecular complexity index is 425. The lowest BCUT2D eigenvalue weighted by molar-refractivity contribution is -0.115. The summed E-state index contributed by atoms with van der Waals surface area (Å²) in [4.78, 5) is 12.9. The Hall–Kier alpha value is -0.680. The van der Waals surface area contributed by atoms with Crippen LogP contribution >= 0.6 is 27.7 Å². The van der Waals surface area contributed by atoms with Gasteiger partial charge < -0.3 is 10.1 Å². The zero-order chi connectivity index (χ0) is 12.3. The van der Waals surface area contributed by atoms with Crippen molar-refractivity contribution in [2.45, 2.75) is 23.0 Å². The summed E-state index contributed by atoms with van der Waals surface area (Å²) in [5, 5.41) is 3.88. The molecule has 2 rings (SSSR count). The average molecular weight is 316 g/mol. The third-order valence-electron chi connectivity index (χ3n) is 2.61. The Morgan fingerprint density at radius 2 is 2.35 bits per heavy atom. The number of rotatable bonds is 4. The van der Waals surface area contributed by atoms with E-state index in [0.29, 0.717) is 0 Å². The third kappa shape index (κ3) is 2.96. The molecule has 0 aliphatic carbocycles. The maximum atomic E-state index is 11.8. The van der Waals surface area contributed by atoms with Gasteiger partial charge in [0.1, 0.15) is 5.75 Å². The maximum absolute atomic E-state index is 11.8. The molecule has 0 saturated carbocycles. The molecule has 1 amide bonds. The molecule has 17 heavy (non-hydrogen) atoms. The van der Waals surface area contributed by atoms with Crippen LogP contribution in [0.4, 0.5) is 5.69 Å². The number of methoxy groups -OCH3 is 1. The molecule has 0 radical (unpaired) electrons. The van der Waals surface area contributed by atoms with Gasteiger partial charge in [0.25, 0.3) is 0 Å². The molecule has 1 aromatic carbocycles. The van der Waals surface area contributed by atoms with Gasteiger partial charge in [-0.15, -0.1) is 11.8 Å². The number of fused-ring (bicyclic) bond motifs is 1. The van der Waals surface area contributed by atoms with E-state index in [1.54, 1.807) is 18.9 Å². The highest BCUT2D eigenvalue weighted by Crippen LogP contribution is 2.39. The monoisotopic (exact) mass is 315 g/mol. The van der Waals surface area contributed by atoms with Crippen molar-refractivity contribution in [3.63, 3.8) is 0 Å². The summed E-state index contributed by atoms with van der Waals surface area (Å²) in [5.41, 5.74) is 0.885. The van der Waals surface area contributed by atoms with Gasteiger partial charge in [-0.2, -0.15) is 0 Å². The molecule has 0 aromatic heterocycles. The topological polar surface area (TPSA) is 38.3 Å². The van der Waals surface area contributed by atoms with Crippen LogP contribution in [0.15, 0.2) is 23.1 Å². The SMILES string of the molecule is COc1ccc2c(c1)SC(CCCBr)C(=O)N2. The van der Waals surface area contributed by atoms with Crippen molar-refractivity contribution in [1.29, 1.82) is 0 Å². The van der Waals surface area contributed by atoms with E-state index in [-0.39, 0.29) is 11.2 Å². The fraction of sp³-hybridized carbons (Fsp3) is 0.417.